The zero-order valence-electron chi connectivity index (χ0n) is 19.9. The van der Waals surface area contributed by atoms with Crippen LogP contribution in [0.3, 0.4) is 0 Å². The lowest BCUT2D eigenvalue weighted by molar-refractivity contribution is -0.119. The van der Waals surface area contributed by atoms with Crippen LogP contribution < -0.4 is 10.5 Å². The number of hydrogen-bond donors (Lipinski definition) is 1. The number of halogens is 1. The van der Waals surface area contributed by atoms with Crippen molar-refractivity contribution in [1.82, 2.24) is 15.0 Å². The summed E-state index contributed by atoms with van der Waals surface area (Å²) in [5, 5.41) is 18.7. The average molecular weight is 502 g/mol. The molecule has 0 bridgehead atoms. The molecule has 5 rings (SSSR count). The molecule has 1 atom stereocenters. The molecule has 1 aromatic heterocycles. The molecule has 0 fully saturated rings. The van der Waals surface area contributed by atoms with Gasteiger partial charge in [-0.25, -0.2) is 4.68 Å². The summed E-state index contributed by atoms with van der Waals surface area (Å²) in [7, 11) is 0. The maximum absolute atomic E-state index is 13.1. The third-order valence-corrected chi connectivity index (χ3v) is 6.56. The minimum atomic E-state index is -0.560. The number of ether oxygens (including phenoxy) is 2. The van der Waals surface area contributed by atoms with Crippen molar-refractivity contribution in [3.63, 3.8) is 0 Å². The van der Waals surface area contributed by atoms with Crippen LogP contribution in [0.1, 0.15) is 43.9 Å². The maximum Gasteiger partial charge on any atom is 0.205 e. The summed E-state index contributed by atoms with van der Waals surface area (Å²) in [4.78, 5) is 13.1. The number of carbonyl (C=O) groups is 1. The molecule has 182 valence electrons. The van der Waals surface area contributed by atoms with Gasteiger partial charge in [-0.1, -0.05) is 42.8 Å². The number of carbonyl (C=O) groups excluding carboxylic acids is 1. The van der Waals surface area contributed by atoms with Gasteiger partial charge in [0.1, 0.15) is 35.5 Å². The van der Waals surface area contributed by atoms with Crippen LogP contribution in [-0.4, -0.2) is 20.8 Å². The molecule has 1 aliphatic heterocycles. The summed E-state index contributed by atoms with van der Waals surface area (Å²) >= 11 is 5.94. The third-order valence-electron chi connectivity index (χ3n) is 6.31. The van der Waals surface area contributed by atoms with E-state index in [1.165, 1.54) is 0 Å². The summed E-state index contributed by atoms with van der Waals surface area (Å²) in [6.45, 7) is 4.27. The van der Waals surface area contributed by atoms with Crippen molar-refractivity contribution in [1.29, 1.82) is 5.26 Å². The molecule has 1 unspecified atom stereocenters. The quantitative estimate of drug-likeness (QED) is 0.525. The fraction of sp³-hybridized carbons (Fsp3) is 0.259. The van der Waals surface area contributed by atoms with Gasteiger partial charge in [-0.05, 0) is 47.4 Å². The first kappa shape index (κ1) is 23.6. The lowest BCUT2D eigenvalue weighted by Crippen LogP contribution is -2.33. The number of nitrogens with zero attached hydrogens (tertiary/aromatic N) is 4. The van der Waals surface area contributed by atoms with Crippen LogP contribution in [0.15, 0.2) is 77.5 Å². The van der Waals surface area contributed by atoms with Gasteiger partial charge in [0, 0.05) is 23.4 Å². The molecule has 0 spiro atoms. The van der Waals surface area contributed by atoms with Crippen molar-refractivity contribution in [3.05, 3.63) is 93.8 Å². The highest BCUT2D eigenvalue weighted by Gasteiger charge is 2.42. The highest BCUT2D eigenvalue weighted by Crippen LogP contribution is 2.47. The van der Waals surface area contributed by atoms with Gasteiger partial charge < -0.3 is 15.2 Å². The fourth-order valence-electron chi connectivity index (χ4n) is 4.62. The highest BCUT2D eigenvalue weighted by molar-refractivity contribution is 6.30. The Kier molecular flexibility index (Phi) is 6.02. The predicted octanol–water partition coefficient (Wildman–Crippen LogP) is 4.95. The Morgan fingerprint density at radius 2 is 1.92 bits per heavy atom. The zero-order valence-corrected chi connectivity index (χ0v) is 20.6. The largest absolute Gasteiger partial charge is 0.487 e. The average Bonchev–Trinajstić information content (AvgIpc) is 3.31. The Hall–Kier alpha value is -4.09. The van der Waals surface area contributed by atoms with E-state index in [1.54, 1.807) is 35.1 Å². The Balaban J connectivity index is 1.34. The molecular formula is C27H24ClN5O3. The van der Waals surface area contributed by atoms with Gasteiger partial charge in [0.2, 0.25) is 5.88 Å². The number of Topliss-reactive ketones (excluding diaryl/α,β-unsaturated/α-hetero) is 1. The number of aromatic nitrogens is 3. The lowest BCUT2D eigenvalue weighted by Gasteiger charge is -2.37. The van der Waals surface area contributed by atoms with E-state index in [2.05, 4.69) is 16.4 Å². The van der Waals surface area contributed by atoms with Gasteiger partial charge in [-0.3, -0.25) is 4.79 Å². The second-order valence-corrected chi connectivity index (χ2v) is 10.1. The van der Waals surface area contributed by atoms with E-state index >= 15 is 0 Å². The molecule has 9 heteroatoms. The van der Waals surface area contributed by atoms with E-state index in [1.807, 2.05) is 38.1 Å². The van der Waals surface area contributed by atoms with E-state index in [9.17, 15) is 10.1 Å². The van der Waals surface area contributed by atoms with Crippen molar-refractivity contribution in [2.24, 2.45) is 11.1 Å². The van der Waals surface area contributed by atoms with Gasteiger partial charge in [-0.15, -0.1) is 5.10 Å². The Morgan fingerprint density at radius 1 is 1.19 bits per heavy atom. The van der Waals surface area contributed by atoms with E-state index in [-0.39, 0.29) is 29.3 Å². The normalized spacial score (nSPS) is 18.9. The van der Waals surface area contributed by atoms with Crippen LogP contribution in [0.25, 0.3) is 5.69 Å². The molecule has 8 nitrogen and oxygen atoms in total. The molecule has 0 amide bonds. The number of nitriles is 1. The first-order chi connectivity index (χ1) is 17.2. The number of benzene rings is 2. The second kappa shape index (κ2) is 9.17. The molecular weight excluding hydrogens is 478 g/mol. The molecule has 2 aliphatic rings. The van der Waals surface area contributed by atoms with Gasteiger partial charge in [-0.2, -0.15) is 5.26 Å². The minimum absolute atomic E-state index is 0.0180. The minimum Gasteiger partial charge on any atom is -0.487 e. The summed E-state index contributed by atoms with van der Waals surface area (Å²) in [6.07, 6.45) is 2.76. The van der Waals surface area contributed by atoms with Gasteiger partial charge >= 0.3 is 0 Å². The van der Waals surface area contributed by atoms with Crippen molar-refractivity contribution in [2.75, 3.05) is 0 Å². The molecule has 1 aliphatic carbocycles. The van der Waals surface area contributed by atoms with Crippen LogP contribution in [0.2, 0.25) is 5.02 Å². The zero-order chi connectivity index (χ0) is 25.4. The molecule has 0 radical (unpaired) electrons. The molecule has 2 heterocycles. The van der Waals surface area contributed by atoms with E-state index in [4.69, 9.17) is 26.8 Å². The highest BCUT2D eigenvalue weighted by atomic mass is 35.5. The lowest BCUT2D eigenvalue weighted by atomic mass is 9.70. The van der Waals surface area contributed by atoms with Crippen LogP contribution in [0.4, 0.5) is 0 Å². The Morgan fingerprint density at radius 3 is 2.61 bits per heavy atom. The van der Waals surface area contributed by atoms with E-state index < -0.39 is 5.92 Å². The molecule has 0 saturated heterocycles. The monoisotopic (exact) mass is 501 g/mol. The summed E-state index contributed by atoms with van der Waals surface area (Å²) in [6, 6.07) is 16.7. The summed E-state index contributed by atoms with van der Waals surface area (Å²) in [5.74, 6) is 0.650. The number of allylic oxidation sites excluding steroid dienone is 3. The number of nitrogens with two attached hydrogens (primary N) is 1. The maximum atomic E-state index is 13.1. The fourth-order valence-corrected chi connectivity index (χ4v) is 4.74. The van der Waals surface area contributed by atoms with Gasteiger partial charge in [0.25, 0.3) is 0 Å². The van der Waals surface area contributed by atoms with Gasteiger partial charge in [0.05, 0.1) is 17.8 Å². The third kappa shape index (κ3) is 4.58. The Labute approximate surface area is 213 Å². The second-order valence-electron chi connectivity index (χ2n) is 9.69. The van der Waals surface area contributed by atoms with Gasteiger partial charge in [0.15, 0.2) is 5.78 Å². The topological polar surface area (TPSA) is 116 Å². The number of ketones is 1. The van der Waals surface area contributed by atoms with Crippen LogP contribution in [0.5, 0.6) is 5.75 Å². The van der Waals surface area contributed by atoms with Crippen molar-refractivity contribution >= 4 is 17.4 Å². The predicted molar refractivity (Wildman–Crippen MR) is 133 cm³/mol. The molecule has 3 aromatic rings. The van der Waals surface area contributed by atoms with Crippen LogP contribution >= 0.6 is 11.6 Å². The van der Waals surface area contributed by atoms with Crippen molar-refractivity contribution < 1.29 is 14.3 Å². The molecule has 0 saturated carbocycles. The molecule has 2 N–H and O–H groups in total. The smallest absolute Gasteiger partial charge is 0.205 e. The van der Waals surface area contributed by atoms with E-state index in [0.717, 1.165) is 11.3 Å². The SMILES string of the molecule is CC1(C)CC(=O)C2=C(C1)OC(N)=C(C#N)C2c1ccc(OCc2cn(-c3ccc(Cl)cc3)nn2)cc1. The standard InChI is InChI=1S/C27H24ClN5O3/c1-27(2)11-22(34)25-23(12-27)36-26(30)21(13-29)24(25)16-3-9-20(10-4-16)35-15-18-14-33(32-31-18)19-7-5-17(28)6-8-19/h3-10,14,24H,11-12,15,30H2,1-2H3. The summed E-state index contributed by atoms with van der Waals surface area (Å²) < 4.78 is 13.3. The Bertz CT molecular complexity index is 1430. The van der Waals surface area contributed by atoms with Crippen molar-refractivity contribution in [3.8, 4) is 17.5 Å². The first-order valence-corrected chi connectivity index (χ1v) is 11.9. The molecule has 2 aromatic carbocycles. The number of hydrogen-bond acceptors (Lipinski definition) is 7. The summed E-state index contributed by atoms with van der Waals surface area (Å²) in [5.41, 5.74) is 8.91. The number of rotatable bonds is 5. The van der Waals surface area contributed by atoms with Crippen LogP contribution in [0, 0.1) is 16.7 Å². The van der Waals surface area contributed by atoms with Crippen molar-refractivity contribution in [2.45, 2.75) is 39.2 Å². The first-order valence-electron chi connectivity index (χ1n) is 11.5. The van der Waals surface area contributed by atoms with Crippen LogP contribution in [-0.2, 0) is 16.1 Å². The molecule has 36 heavy (non-hydrogen) atoms. The van der Waals surface area contributed by atoms with E-state index in [0.29, 0.717) is 40.6 Å².